The predicted octanol–water partition coefficient (Wildman–Crippen LogP) is 3.27. The van der Waals surface area contributed by atoms with Crippen LogP contribution in [0.25, 0.3) is 0 Å². The zero-order valence-electron chi connectivity index (χ0n) is 8.52. The van der Waals surface area contributed by atoms with Gasteiger partial charge in [-0.3, -0.25) is 0 Å². The quantitative estimate of drug-likeness (QED) is 0.682. The van der Waals surface area contributed by atoms with Gasteiger partial charge < -0.3 is 4.74 Å². The Bertz CT molecular complexity index is 305. The van der Waals surface area contributed by atoms with E-state index in [9.17, 15) is 4.39 Å². The van der Waals surface area contributed by atoms with Crippen LogP contribution in [0.4, 0.5) is 4.39 Å². The molecule has 0 bridgehead atoms. The van der Waals surface area contributed by atoms with E-state index in [-0.39, 0.29) is 11.7 Å². The van der Waals surface area contributed by atoms with Gasteiger partial charge in [0.05, 0.1) is 7.11 Å². The summed E-state index contributed by atoms with van der Waals surface area (Å²) in [6.07, 6.45) is 0. The highest BCUT2D eigenvalue weighted by atomic mass is 19.1. The van der Waals surface area contributed by atoms with Gasteiger partial charge in [-0.05, 0) is 30.0 Å². The Morgan fingerprint density at radius 1 is 1.31 bits per heavy atom. The molecule has 1 aromatic carbocycles. The van der Waals surface area contributed by atoms with Crippen LogP contribution < -0.4 is 4.74 Å². The first-order valence-electron chi connectivity index (χ1n) is 4.40. The molecular formula is C11H15FO. The Kier molecular flexibility index (Phi) is 2.91. The summed E-state index contributed by atoms with van der Waals surface area (Å²) < 4.78 is 18.5. The van der Waals surface area contributed by atoms with Gasteiger partial charge in [0.15, 0.2) is 11.6 Å². The average Bonchev–Trinajstić information content (AvgIpc) is 2.08. The lowest BCUT2D eigenvalue weighted by atomic mass is 10.00. The topological polar surface area (TPSA) is 9.23 Å². The van der Waals surface area contributed by atoms with Gasteiger partial charge in [0, 0.05) is 0 Å². The molecule has 0 atom stereocenters. The van der Waals surface area contributed by atoms with E-state index in [4.69, 9.17) is 4.74 Å². The summed E-state index contributed by atoms with van der Waals surface area (Å²) in [5.74, 6) is 0.292. The summed E-state index contributed by atoms with van der Waals surface area (Å²) in [5.41, 5.74) is 1.75. The molecule has 2 heteroatoms. The van der Waals surface area contributed by atoms with Crippen LogP contribution >= 0.6 is 0 Å². The molecule has 0 saturated carbocycles. The van der Waals surface area contributed by atoms with Crippen molar-refractivity contribution in [3.63, 3.8) is 0 Å². The van der Waals surface area contributed by atoms with Crippen LogP contribution in [0.3, 0.4) is 0 Å². The largest absolute Gasteiger partial charge is 0.494 e. The SMILES string of the molecule is COc1cc(C)cc(C(C)C)c1F. The van der Waals surface area contributed by atoms with Crippen LogP contribution in [0.15, 0.2) is 12.1 Å². The van der Waals surface area contributed by atoms with E-state index in [2.05, 4.69) is 0 Å². The molecule has 0 N–H and O–H groups in total. The van der Waals surface area contributed by atoms with Crippen LogP contribution in [0.2, 0.25) is 0 Å². The van der Waals surface area contributed by atoms with Crippen molar-refractivity contribution < 1.29 is 9.13 Å². The second-order valence-corrected chi connectivity index (χ2v) is 3.53. The number of methoxy groups -OCH3 is 1. The maximum Gasteiger partial charge on any atom is 0.168 e. The van der Waals surface area contributed by atoms with Crippen LogP contribution in [0, 0.1) is 12.7 Å². The predicted molar refractivity (Wildman–Crippen MR) is 51.8 cm³/mol. The molecule has 0 aromatic heterocycles. The molecule has 0 heterocycles. The molecule has 0 unspecified atom stereocenters. The Labute approximate surface area is 78.5 Å². The molecule has 1 aromatic rings. The Hall–Kier alpha value is -1.05. The zero-order valence-corrected chi connectivity index (χ0v) is 8.52. The van der Waals surface area contributed by atoms with E-state index in [0.29, 0.717) is 5.75 Å². The maximum absolute atomic E-state index is 13.6. The molecular weight excluding hydrogens is 167 g/mol. The minimum absolute atomic E-state index is 0.189. The monoisotopic (exact) mass is 182 g/mol. The lowest BCUT2D eigenvalue weighted by molar-refractivity contribution is 0.382. The number of ether oxygens (including phenoxy) is 1. The van der Waals surface area contributed by atoms with Crippen LogP contribution in [-0.2, 0) is 0 Å². The number of aryl methyl sites for hydroxylation is 1. The standard InChI is InChI=1S/C11H15FO/c1-7(2)9-5-8(3)6-10(13-4)11(9)12/h5-7H,1-4H3. The highest BCUT2D eigenvalue weighted by Crippen LogP contribution is 2.27. The Morgan fingerprint density at radius 3 is 2.38 bits per heavy atom. The van der Waals surface area contributed by atoms with Gasteiger partial charge in [-0.15, -0.1) is 0 Å². The summed E-state index contributed by atoms with van der Waals surface area (Å²) >= 11 is 0. The van der Waals surface area contributed by atoms with Crippen LogP contribution in [0.5, 0.6) is 5.75 Å². The van der Waals surface area contributed by atoms with E-state index < -0.39 is 0 Å². The Balaban J connectivity index is 3.27. The molecule has 0 aliphatic heterocycles. The molecule has 0 aliphatic rings. The first kappa shape index (κ1) is 10.0. The van der Waals surface area contributed by atoms with E-state index >= 15 is 0 Å². The fraction of sp³-hybridized carbons (Fsp3) is 0.455. The average molecular weight is 182 g/mol. The van der Waals surface area contributed by atoms with Crippen molar-refractivity contribution >= 4 is 0 Å². The first-order chi connectivity index (χ1) is 6.06. The summed E-state index contributed by atoms with van der Waals surface area (Å²) in [5, 5.41) is 0. The lowest BCUT2D eigenvalue weighted by Gasteiger charge is -2.11. The second kappa shape index (κ2) is 3.77. The van der Waals surface area contributed by atoms with Gasteiger partial charge in [-0.2, -0.15) is 0 Å². The van der Waals surface area contributed by atoms with Crippen LogP contribution in [0.1, 0.15) is 30.9 Å². The number of halogens is 1. The van der Waals surface area contributed by atoms with E-state index in [0.717, 1.165) is 11.1 Å². The number of benzene rings is 1. The summed E-state index contributed by atoms with van der Waals surface area (Å²) in [6.45, 7) is 5.88. The van der Waals surface area contributed by atoms with Crippen molar-refractivity contribution in [1.82, 2.24) is 0 Å². The van der Waals surface area contributed by atoms with Crippen molar-refractivity contribution in [1.29, 1.82) is 0 Å². The molecule has 1 rings (SSSR count). The molecule has 0 saturated heterocycles. The third kappa shape index (κ3) is 2.00. The Morgan fingerprint density at radius 2 is 1.92 bits per heavy atom. The third-order valence-corrected chi connectivity index (χ3v) is 2.05. The summed E-state index contributed by atoms with van der Waals surface area (Å²) in [7, 11) is 1.49. The zero-order chi connectivity index (χ0) is 10.0. The second-order valence-electron chi connectivity index (χ2n) is 3.53. The highest BCUT2D eigenvalue weighted by Gasteiger charge is 2.12. The summed E-state index contributed by atoms with van der Waals surface area (Å²) in [4.78, 5) is 0. The van der Waals surface area contributed by atoms with Crippen molar-refractivity contribution in [2.24, 2.45) is 0 Å². The minimum Gasteiger partial charge on any atom is -0.494 e. The number of rotatable bonds is 2. The fourth-order valence-electron chi connectivity index (χ4n) is 1.33. The third-order valence-electron chi connectivity index (χ3n) is 2.05. The lowest BCUT2D eigenvalue weighted by Crippen LogP contribution is -1.98. The van der Waals surface area contributed by atoms with Gasteiger partial charge in [0.25, 0.3) is 0 Å². The number of hydrogen-bond acceptors (Lipinski definition) is 1. The molecule has 0 amide bonds. The minimum atomic E-state index is -0.233. The van der Waals surface area contributed by atoms with E-state index in [1.807, 2.05) is 26.8 Å². The smallest absolute Gasteiger partial charge is 0.168 e. The molecule has 1 nitrogen and oxygen atoms in total. The van der Waals surface area contributed by atoms with Crippen molar-refractivity contribution in [3.8, 4) is 5.75 Å². The van der Waals surface area contributed by atoms with Gasteiger partial charge in [0.2, 0.25) is 0 Å². The molecule has 0 aliphatic carbocycles. The van der Waals surface area contributed by atoms with E-state index in [1.165, 1.54) is 7.11 Å². The number of hydrogen-bond donors (Lipinski definition) is 0. The molecule has 0 fully saturated rings. The van der Waals surface area contributed by atoms with Crippen molar-refractivity contribution in [2.75, 3.05) is 7.11 Å². The van der Waals surface area contributed by atoms with E-state index in [1.54, 1.807) is 6.07 Å². The summed E-state index contributed by atoms with van der Waals surface area (Å²) in [6, 6.07) is 3.57. The normalized spacial score (nSPS) is 10.6. The van der Waals surface area contributed by atoms with Gasteiger partial charge >= 0.3 is 0 Å². The van der Waals surface area contributed by atoms with Gasteiger partial charge in [-0.1, -0.05) is 19.9 Å². The fourth-order valence-corrected chi connectivity index (χ4v) is 1.33. The molecule has 0 radical (unpaired) electrons. The maximum atomic E-state index is 13.6. The van der Waals surface area contributed by atoms with Gasteiger partial charge in [0.1, 0.15) is 0 Å². The first-order valence-corrected chi connectivity index (χ1v) is 4.40. The van der Waals surface area contributed by atoms with Crippen LogP contribution in [-0.4, -0.2) is 7.11 Å². The molecule has 72 valence electrons. The molecule has 13 heavy (non-hydrogen) atoms. The van der Waals surface area contributed by atoms with Crippen molar-refractivity contribution in [3.05, 3.63) is 29.1 Å². The van der Waals surface area contributed by atoms with Crippen molar-refractivity contribution in [2.45, 2.75) is 26.7 Å². The van der Waals surface area contributed by atoms with Gasteiger partial charge in [-0.25, -0.2) is 4.39 Å². The highest BCUT2D eigenvalue weighted by molar-refractivity contribution is 5.37. The molecule has 0 spiro atoms.